The van der Waals surface area contributed by atoms with Crippen LogP contribution < -0.4 is 5.32 Å². The lowest BCUT2D eigenvalue weighted by Crippen LogP contribution is -2.66. The number of ether oxygens (including phenoxy) is 5. The molecular formula is C47H76N2O12. The normalized spacial score (nSPS) is 40.1. The van der Waals surface area contributed by atoms with Crippen LogP contribution in [0.5, 0.6) is 0 Å². The molecule has 0 aromatic heterocycles. The van der Waals surface area contributed by atoms with Crippen LogP contribution in [0.15, 0.2) is 36.0 Å². The van der Waals surface area contributed by atoms with Crippen molar-refractivity contribution in [3.8, 4) is 0 Å². The summed E-state index contributed by atoms with van der Waals surface area (Å²) in [5, 5.41) is 38.8. The van der Waals surface area contributed by atoms with E-state index in [4.69, 9.17) is 23.7 Å². The van der Waals surface area contributed by atoms with Crippen LogP contribution in [-0.2, 0) is 42.9 Å². The second-order valence-electron chi connectivity index (χ2n) is 18.4. The molecule has 2 amide bonds. The van der Waals surface area contributed by atoms with Crippen molar-refractivity contribution >= 4 is 23.6 Å². The van der Waals surface area contributed by atoms with Gasteiger partial charge in [0.05, 0.1) is 37.1 Å². The zero-order chi connectivity index (χ0) is 45.2. The fourth-order valence-electron chi connectivity index (χ4n) is 10.1. The van der Waals surface area contributed by atoms with Gasteiger partial charge in [0.1, 0.15) is 24.0 Å². The Morgan fingerprint density at radius 2 is 1.69 bits per heavy atom. The maximum atomic E-state index is 14.5. The highest BCUT2D eigenvalue weighted by atomic mass is 16.7. The molecule has 4 aliphatic rings. The Balaban J connectivity index is 1.75. The number of fused-ring (bicyclic) bond motifs is 3. The number of ketones is 1. The summed E-state index contributed by atoms with van der Waals surface area (Å²) < 4.78 is 30.6. The summed E-state index contributed by atoms with van der Waals surface area (Å²) >= 11 is 0. The third-order valence-electron chi connectivity index (χ3n) is 13.6. The summed E-state index contributed by atoms with van der Waals surface area (Å²) in [5.41, 5.74) is 1.67. The second kappa shape index (κ2) is 23.1. The summed E-state index contributed by atoms with van der Waals surface area (Å²) in [5.74, 6) is -6.02. The molecule has 2 saturated heterocycles. The monoisotopic (exact) mass is 861 g/mol. The number of aliphatic hydroxyl groups is 3. The molecule has 0 radical (unpaired) electrons. The number of hydrogen-bond donors (Lipinski definition) is 4. The molecule has 1 aliphatic carbocycles. The van der Waals surface area contributed by atoms with Crippen LogP contribution in [0.3, 0.4) is 0 Å². The van der Waals surface area contributed by atoms with Gasteiger partial charge in [0.15, 0.2) is 6.10 Å². The van der Waals surface area contributed by atoms with Gasteiger partial charge in [0.2, 0.25) is 11.7 Å². The quantitative estimate of drug-likeness (QED) is 0.180. The van der Waals surface area contributed by atoms with Crippen LogP contribution in [0, 0.1) is 29.6 Å². The molecule has 4 rings (SSSR count). The average molecular weight is 861 g/mol. The number of allylic oxidation sites excluding steroid dienone is 3. The SMILES string of the molecule is C=CCOC1CC(C=C(C)C2OC(=O)C3CCCCN3C(=O)C(O)C3(O)OC(C(OC)CC(C)C/C(C)=C/C(CC)C(=O)CC(O)C2C)C(OC)CC3C)CCC1NC(C)=O. The topological polar surface area (TPSA) is 190 Å². The number of Topliss-reactive ketones (excluding diaryl/α,β-unsaturated/α-hetero) is 1. The molecule has 1 saturated carbocycles. The maximum absolute atomic E-state index is 14.5. The van der Waals surface area contributed by atoms with Crippen molar-refractivity contribution in [1.82, 2.24) is 10.2 Å². The molecule has 3 fully saturated rings. The molecule has 14 nitrogen and oxygen atoms in total. The van der Waals surface area contributed by atoms with E-state index in [1.807, 2.05) is 32.9 Å². The number of hydrogen-bond acceptors (Lipinski definition) is 12. The molecule has 15 unspecified atom stereocenters. The number of methoxy groups -OCH3 is 2. The van der Waals surface area contributed by atoms with E-state index in [2.05, 4.69) is 18.8 Å². The lowest BCUT2D eigenvalue weighted by atomic mass is 9.80. The van der Waals surface area contributed by atoms with Crippen LogP contribution in [0.1, 0.15) is 119 Å². The Hall–Kier alpha value is -2.98. The zero-order valence-corrected chi connectivity index (χ0v) is 38.2. The minimum atomic E-state index is -2.32. The predicted molar refractivity (Wildman–Crippen MR) is 230 cm³/mol. The van der Waals surface area contributed by atoms with Gasteiger partial charge in [-0.3, -0.25) is 14.4 Å². The first kappa shape index (κ1) is 50.7. The zero-order valence-electron chi connectivity index (χ0n) is 38.2. The Morgan fingerprint density at radius 1 is 1.00 bits per heavy atom. The van der Waals surface area contributed by atoms with Crippen molar-refractivity contribution in [1.29, 1.82) is 0 Å². The van der Waals surface area contributed by atoms with Crippen molar-refractivity contribution in [3.05, 3.63) is 36.0 Å². The van der Waals surface area contributed by atoms with Gasteiger partial charge in [-0.2, -0.15) is 0 Å². The number of rotatable bonds is 9. The molecule has 61 heavy (non-hydrogen) atoms. The van der Waals surface area contributed by atoms with E-state index in [9.17, 15) is 34.5 Å². The van der Waals surface area contributed by atoms with Gasteiger partial charge in [0, 0.05) is 51.9 Å². The van der Waals surface area contributed by atoms with Crippen molar-refractivity contribution < 1.29 is 58.2 Å². The van der Waals surface area contributed by atoms with Crippen LogP contribution in [0.4, 0.5) is 0 Å². The summed E-state index contributed by atoms with van der Waals surface area (Å²) in [7, 11) is 3.11. The van der Waals surface area contributed by atoms with E-state index in [0.29, 0.717) is 57.1 Å². The number of piperidine rings is 1. The number of cyclic esters (lactones) is 1. The Kier molecular flexibility index (Phi) is 19.2. The first-order valence-electron chi connectivity index (χ1n) is 22.6. The highest BCUT2D eigenvalue weighted by molar-refractivity contribution is 5.88. The number of nitrogens with one attached hydrogen (secondary N) is 1. The molecule has 0 aromatic carbocycles. The minimum absolute atomic E-state index is 0.0185. The second-order valence-corrected chi connectivity index (χ2v) is 18.4. The van der Waals surface area contributed by atoms with E-state index >= 15 is 0 Å². The van der Waals surface area contributed by atoms with Crippen LogP contribution in [0.2, 0.25) is 0 Å². The molecule has 2 bridgehead atoms. The standard InChI is InChI=1S/C47H76N2O12/c1-11-19-59-39-25-33(16-17-35(39)48-32(8)50)23-29(5)42-31(7)37(51)26-38(52)34(12-2)21-27(3)20-28(4)22-40(57-9)43-41(58-10)24-30(6)47(56,61-43)44(53)45(54)49-18-14-13-15-36(49)46(55)60-42/h11,21,23,28,30-31,33-37,39-44,51,53,56H,1,12-20,22,24-26H2,2-10H3,(H,48,50)/b27-21+,29-23?. The highest BCUT2D eigenvalue weighted by Crippen LogP contribution is 2.40. The van der Waals surface area contributed by atoms with Crippen LogP contribution in [-0.4, -0.2) is 132 Å². The molecule has 14 heteroatoms. The molecule has 3 aliphatic heterocycles. The van der Waals surface area contributed by atoms with E-state index in [-0.39, 0.29) is 61.5 Å². The van der Waals surface area contributed by atoms with Crippen LogP contribution in [0.25, 0.3) is 0 Å². The lowest BCUT2D eigenvalue weighted by Gasteiger charge is -2.49. The number of nitrogens with zero attached hydrogens (tertiary/aromatic N) is 1. The van der Waals surface area contributed by atoms with E-state index in [1.54, 1.807) is 34.1 Å². The summed E-state index contributed by atoms with van der Waals surface area (Å²) in [6.45, 7) is 17.0. The number of esters is 1. The maximum Gasteiger partial charge on any atom is 0.329 e. The predicted octanol–water partition coefficient (Wildman–Crippen LogP) is 4.96. The molecule has 4 N–H and O–H groups in total. The van der Waals surface area contributed by atoms with Gasteiger partial charge >= 0.3 is 5.97 Å². The summed E-state index contributed by atoms with van der Waals surface area (Å²) in [6, 6.07) is -1.27. The highest BCUT2D eigenvalue weighted by Gasteiger charge is 2.56. The van der Waals surface area contributed by atoms with Gasteiger partial charge in [-0.05, 0) is 95.5 Å². The van der Waals surface area contributed by atoms with E-state index in [1.165, 1.54) is 11.8 Å². The Bertz CT molecular complexity index is 1570. The first-order chi connectivity index (χ1) is 28.9. The smallest absolute Gasteiger partial charge is 0.329 e. The van der Waals surface area contributed by atoms with Crippen molar-refractivity contribution in [2.24, 2.45) is 29.6 Å². The largest absolute Gasteiger partial charge is 0.456 e. The molecule has 15 atom stereocenters. The number of carbonyl (C=O) groups is 4. The van der Waals surface area contributed by atoms with Crippen molar-refractivity contribution in [3.63, 3.8) is 0 Å². The molecule has 0 aromatic rings. The molecule has 346 valence electrons. The summed E-state index contributed by atoms with van der Waals surface area (Å²) in [4.78, 5) is 56.0. The lowest BCUT2D eigenvalue weighted by molar-refractivity contribution is -0.346. The summed E-state index contributed by atoms with van der Waals surface area (Å²) in [6.07, 6.45) is 4.47. The van der Waals surface area contributed by atoms with Gasteiger partial charge in [-0.1, -0.05) is 51.5 Å². The fourth-order valence-corrected chi connectivity index (χ4v) is 10.1. The first-order valence-corrected chi connectivity index (χ1v) is 22.6. The Morgan fingerprint density at radius 3 is 2.33 bits per heavy atom. The minimum Gasteiger partial charge on any atom is -0.456 e. The number of carbonyl (C=O) groups excluding carboxylic acids is 4. The van der Waals surface area contributed by atoms with E-state index in [0.717, 1.165) is 12.0 Å². The third kappa shape index (κ3) is 12.8. The van der Waals surface area contributed by atoms with Crippen molar-refractivity contribution in [2.45, 2.75) is 180 Å². The fraction of sp³-hybridized carbons (Fsp3) is 0.787. The van der Waals surface area contributed by atoms with E-state index < -0.39 is 78.1 Å². The van der Waals surface area contributed by atoms with Gasteiger partial charge in [0.25, 0.3) is 5.91 Å². The van der Waals surface area contributed by atoms with Gasteiger partial charge in [-0.15, -0.1) is 6.58 Å². The third-order valence-corrected chi connectivity index (χ3v) is 13.6. The van der Waals surface area contributed by atoms with Crippen LogP contribution >= 0.6 is 0 Å². The molecule has 0 spiro atoms. The average Bonchev–Trinajstić information content (AvgIpc) is 3.23. The number of aliphatic hydroxyl groups excluding tert-OH is 2. The number of amides is 2. The van der Waals surface area contributed by atoms with Gasteiger partial charge in [-0.25, -0.2) is 4.79 Å². The van der Waals surface area contributed by atoms with Gasteiger partial charge < -0.3 is 49.2 Å². The molecule has 3 heterocycles. The molecular weight excluding hydrogens is 785 g/mol. The Labute approximate surface area is 363 Å². The van der Waals surface area contributed by atoms with Crippen molar-refractivity contribution in [2.75, 3.05) is 27.4 Å².